The quantitative estimate of drug-likeness (QED) is 0.820. The van der Waals surface area contributed by atoms with Crippen molar-refractivity contribution < 1.29 is 0 Å². The molecule has 1 aromatic rings. The van der Waals surface area contributed by atoms with Gasteiger partial charge in [0.25, 0.3) is 0 Å². The highest BCUT2D eigenvalue weighted by Crippen LogP contribution is 2.40. The first-order chi connectivity index (χ1) is 9.86. The van der Waals surface area contributed by atoms with Crippen LogP contribution in [-0.4, -0.2) is 41.5 Å². The number of nitrogens with zero attached hydrogens (tertiary/aromatic N) is 2. The zero-order valence-electron chi connectivity index (χ0n) is 12.6. The molecule has 2 fully saturated rings. The second-order valence-electron chi connectivity index (χ2n) is 6.76. The van der Waals surface area contributed by atoms with Crippen molar-refractivity contribution in [1.82, 2.24) is 9.80 Å². The van der Waals surface area contributed by atoms with E-state index in [0.717, 1.165) is 18.1 Å². The van der Waals surface area contributed by atoms with Crippen molar-refractivity contribution in [2.24, 2.45) is 0 Å². The maximum absolute atomic E-state index is 2.89. The minimum absolute atomic E-state index is 0.720. The van der Waals surface area contributed by atoms with E-state index < -0.39 is 0 Å². The van der Waals surface area contributed by atoms with Gasteiger partial charge in [-0.25, -0.2) is 0 Å². The summed E-state index contributed by atoms with van der Waals surface area (Å²) in [6.07, 6.45) is 8.24. The predicted octanol–water partition coefficient (Wildman–Crippen LogP) is 3.68. The molecule has 0 amide bonds. The summed E-state index contributed by atoms with van der Waals surface area (Å²) >= 11 is 1.98. The predicted molar refractivity (Wildman–Crippen MR) is 85.4 cm³/mol. The van der Waals surface area contributed by atoms with Crippen molar-refractivity contribution in [1.29, 1.82) is 0 Å². The van der Waals surface area contributed by atoms with Crippen LogP contribution >= 0.6 is 11.3 Å². The summed E-state index contributed by atoms with van der Waals surface area (Å²) in [5, 5.41) is 2.32. The van der Waals surface area contributed by atoms with Crippen LogP contribution in [0.5, 0.6) is 0 Å². The molecular formula is C17H26N2S. The summed E-state index contributed by atoms with van der Waals surface area (Å²) in [7, 11) is 0. The van der Waals surface area contributed by atoms with Crippen LogP contribution in [0.2, 0.25) is 0 Å². The molecule has 1 aliphatic carbocycles. The number of piperazine rings is 1. The van der Waals surface area contributed by atoms with E-state index in [1.165, 1.54) is 58.2 Å². The van der Waals surface area contributed by atoms with Crippen LogP contribution in [0.4, 0.5) is 0 Å². The standard InChI is InChI=1S/C17H26N2S/c1-2-13-11-18-9-4-5-14(18)12-19(13)16-6-3-7-17-15(16)8-10-20-17/h8,10,13-14,16H,2-7,9,11-12H2,1H3. The minimum atomic E-state index is 0.720. The topological polar surface area (TPSA) is 6.48 Å². The lowest BCUT2D eigenvalue weighted by atomic mass is 9.89. The lowest BCUT2D eigenvalue weighted by Crippen LogP contribution is -2.56. The monoisotopic (exact) mass is 290 g/mol. The molecule has 1 aromatic heterocycles. The first kappa shape index (κ1) is 13.3. The Labute approximate surface area is 126 Å². The molecule has 20 heavy (non-hydrogen) atoms. The van der Waals surface area contributed by atoms with Gasteiger partial charge in [0, 0.05) is 36.1 Å². The normalized spacial score (nSPS) is 35.0. The van der Waals surface area contributed by atoms with Crippen LogP contribution in [0.1, 0.15) is 55.5 Å². The van der Waals surface area contributed by atoms with E-state index >= 15 is 0 Å². The maximum Gasteiger partial charge on any atom is 0.0363 e. The van der Waals surface area contributed by atoms with Gasteiger partial charge in [0.15, 0.2) is 0 Å². The largest absolute Gasteiger partial charge is 0.298 e. The zero-order chi connectivity index (χ0) is 13.5. The molecule has 0 N–H and O–H groups in total. The van der Waals surface area contributed by atoms with Gasteiger partial charge in [-0.3, -0.25) is 9.80 Å². The van der Waals surface area contributed by atoms with E-state index in [9.17, 15) is 0 Å². The Bertz CT molecular complexity index is 469. The molecular weight excluding hydrogens is 264 g/mol. The van der Waals surface area contributed by atoms with E-state index in [0.29, 0.717) is 0 Å². The van der Waals surface area contributed by atoms with Gasteiger partial charge in [-0.1, -0.05) is 6.92 Å². The third kappa shape index (κ3) is 2.15. The lowest BCUT2D eigenvalue weighted by molar-refractivity contribution is 0.0126. The maximum atomic E-state index is 2.89. The molecule has 0 aromatic carbocycles. The zero-order valence-corrected chi connectivity index (χ0v) is 13.4. The number of hydrogen-bond donors (Lipinski definition) is 0. The van der Waals surface area contributed by atoms with Crippen molar-refractivity contribution >= 4 is 11.3 Å². The molecule has 2 nitrogen and oxygen atoms in total. The molecule has 3 heterocycles. The Balaban J connectivity index is 1.61. The second kappa shape index (κ2) is 5.43. The van der Waals surface area contributed by atoms with Crippen LogP contribution in [0.25, 0.3) is 0 Å². The van der Waals surface area contributed by atoms with E-state index in [1.807, 2.05) is 11.3 Å². The highest BCUT2D eigenvalue weighted by Gasteiger charge is 2.39. The van der Waals surface area contributed by atoms with Gasteiger partial charge in [-0.15, -0.1) is 11.3 Å². The van der Waals surface area contributed by atoms with Crippen LogP contribution in [0, 0.1) is 0 Å². The Hall–Kier alpha value is -0.380. The number of thiophene rings is 1. The van der Waals surface area contributed by atoms with Gasteiger partial charge in [0.2, 0.25) is 0 Å². The van der Waals surface area contributed by atoms with Crippen LogP contribution in [0.3, 0.4) is 0 Å². The molecule has 4 rings (SSSR count). The van der Waals surface area contributed by atoms with E-state index in [-0.39, 0.29) is 0 Å². The Morgan fingerprint density at radius 1 is 1.25 bits per heavy atom. The first-order valence-electron chi connectivity index (χ1n) is 8.43. The van der Waals surface area contributed by atoms with Gasteiger partial charge in [0.1, 0.15) is 0 Å². The second-order valence-corrected chi connectivity index (χ2v) is 7.76. The summed E-state index contributed by atoms with van der Waals surface area (Å²) in [6.45, 7) is 6.37. The van der Waals surface area contributed by atoms with Crippen LogP contribution in [0.15, 0.2) is 11.4 Å². The summed E-state index contributed by atoms with van der Waals surface area (Å²) < 4.78 is 0. The molecule has 0 spiro atoms. The Morgan fingerprint density at radius 2 is 2.20 bits per heavy atom. The molecule has 110 valence electrons. The van der Waals surface area contributed by atoms with E-state index in [1.54, 1.807) is 10.4 Å². The molecule has 3 heteroatoms. The highest BCUT2D eigenvalue weighted by molar-refractivity contribution is 7.10. The molecule has 0 saturated carbocycles. The average molecular weight is 290 g/mol. The molecule has 3 atom stereocenters. The van der Waals surface area contributed by atoms with Crippen LogP contribution in [-0.2, 0) is 6.42 Å². The Kier molecular flexibility index (Phi) is 3.61. The van der Waals surface area contributed by atoms with Gasteiger partial charge >= 0.3 is 0 Å². The van der Waals surface area contributed by atoms with Crippen molar-refractivity contribution in [2.45, 2.75) is 63.6 Å². The minimum Gasteiger partial charge on any atom is -0.298 e. The Morgan fingerprint density at radius 3 is 3.10 bits per heavy atom. The number of fused-ring (bicyclic) bond motifs is 2. The van der Waals surface area contributed by atoms with E-state index in [4.69, 9.17) is 0 Å². The van der Waals surface area contributed by atoms with Crippen LogP contribution < -0.4 is 0 Å². The summed E-state index contributed by atoms with van der Waals surface area (Å²) in [6, 6.07) is 4.76. The fourth-order valence-corrected chi connectivity index (χ4v) is 5.64. The van der Waals surface area contributed by atoms with Gasteiger partial charge in [0.05, 0.1) is 0 Å². The number of rotatable bonds is 2. The fourth-order valence-electron chi connectivity index (χ4n) is 4.66. The lowest BCUT2D eigenvalue weighted by Gasteiger charge is -2.48. The fraction of sp³-hybridized carbons (Fsp3) is 0.765. The smallest absolute Gasteiger partial charge is 0.0363 e. The molecule has 0 bridgehead atoms. The van der Waals surface area contributed by atoms with Gasteiger partial charge in [-0.2, -0.15) is 0 Å². The molecule has 3 aliphatic rings. The molecule has 3 unspecified atom stereocenters. The van der Waals surface area contributed by atoms with Gasteiger partial charge < -0.3 is 0 Å². The molecule has 0 radical (unpaired) electrons. The summed E-state index contributed by atoms with van der Waals surface area (Å²) in [5.41, 5.74) is 1.67. The SMILES string of the molecule is CCC1CN2CCCC2CN1C1CCCc2sccc21. The van der Waals surface area contributed by atoms with Crippen molar-refractivity contribution in [3.05, 3.63) is 21.9 Å². The summed E-state index contributed by atoms with van der Waals surface area (Å²) in [4.78, 5) is 7.32. The third-order valence-electron chi connectivity index (χ3n) is 5.73. The van der Waals surface area contributed by atoms with Crippen molar-refractivity contribution in [3.63, 3.8) is 0 Å². The number of hydrogen-bond acceptors (Lipinski definition) is 3. The van der Waals surface area contributed by atoms with E-state index in [2.05, 4.69) is 28.2 Å². The number of aryl methyl sites for hydroxylation is 1. The molecule has 2 aliphatic heterocycles. The van der Waals surface area contributed by atoms with Gasteiger partial charge in [-0.05, 0) is 62.1 Å². The third-order valence-corrected chi connectivity index (χ3v) is 6.72. The average Bonchev–Trinajstić information content (AvgIpc) is 3.13. The summed E-state index contributed by atoms with van der Waals surface area (Å²) in [5.74, 6) is 0. The molecule has 2 saturated heterocycles. The first-order valence-corrected chi connectivity index (χ1v) is 9.31. The van der Waals surface area contributed by atoms with Crippen molar-refractivity contribution in [3.8, 4) is 0 Å². The van der Waals surface area contributed by atoms with Crippen molar-refractivity contribution in [2.75, 3.05) is 19.6 Å². The highest BCUT2D eigenvalue weighted by atomic mass is 32.1.